The van der Waals surface area contributed by atoms with E-state index in [0.717, 1.165) is 5.39 Å². The molecule has 0 atom stereocenters. The summed E-state index contributed by atoms with van der Waals surface area (Å²) in [6.45, 7) is 1.68. The number of carbonyl (C=O) groups excluding carboxylic acids is 1. The fourth-order valence-electron chi connectivity index (χ4n) is 1.90. The lowest BCUT2D eigenvalue weighted by Gasteiger charge is -2.03. The predicted molar refractivity (Wildman–Crippen MR) is 76.7 cm³/mol. The molecule has 0 radical (unpaired) electrons. The second kappa shape index (κ2) is 6.60. The summed E-state index contributed by atoms with van der Waals surface area (Å²) in [4.78, 5) is 22.3. The summed E-state index contributed by atoms with van der Waals surface area (Å²) in [6, 6.07) is 5.30. The number of halogens is 1. The van der Waals surface area contributed by atoms with Gasteiger partial charge in [0.05, 0.1) is 11.6 Å². The third-order valence-corrected chi connectivity index (χ3v) is 3.18. The molecule has 0 saturated heterocycles. The molecule has 21 heavy (non-hydrogen) atoms. The number of carboxylic acid groups (broad SMARTS) is 1. The molecule has 2 rings (SSSR count). The van der Waals surface area contributed by atoms with E-state index in [0.29, 0.717) is 16.2 Å². The number of aryl methyl sites for hydroxylation is 1. The minimum absolute atomic E-state index is 0.109. The van der Waals surface area contributed by atoms with Crippen molar-refractivity contribution in [1.82, 2.24) is 5.32 Å². The Hall–Kier alpha value is -2.05. The normalized spacial score (nSPS) is 10.8. The van der Waals surface area contributed by atoms with Gasteiger partial charge < -0.3 is 19.6 Å². The molecule has 2 N–H and O–H groups in total. The summed E-state index contributed by atoms with van der Waals surface area (Å²) < 4.78 is 10.3. The molecule has 0 aliphatic carbocycles. The number of carbonyl (C=O) groups is 2. The maximum atomic E-state index is 12.0. The van der Waals surface area contributed by atoms with E-state index in [4.69, 9.17) is 25.9 Å². The van der Waals surface area contributed by atoms with E-state index in [1.165, 1.54) is 0 Å². The van der Waals surface area contributed by atoms with Gasteiger partial charge in [-0.05, 0) is 13.0 Å². The number of hydrogen-bond donors (Lipinski definition) is 2. The Morgan fingerprint density at radius 3 is 2.86 bits per heavy atom. The topological polar surface area (TPSA) is 88.8 Å². The SMILES string of the molecule is Cc1c(C(=O)NCCOCC(=O)O)oc2c(Cl)cccc12. The van der Waals surface area contributed by atoms with Crippen molar-refractivity contribution in [2.45, 2.75) is 6.92 Å². The molecule has 0 aliphatic rings. The lowest BCUT2D eigenvalue weighted by Crippen LogP contribution is -2.28. The van der Waals surface area contributed by atoms with E-state index >= 15 is 0 Å². The zero-order valence-electron chi connectivity index (χ0n) is 11.3. The number of fused-ring (bicyclic) bond motifs is 1. The van der Waals surface area contributed by atoms with Gasteiger partial charge in [0.25, 0.3) is 5.91 Å². The van der Waals surface area contributed by atoms with Crippen LogP contribution in [0.5, 0.6) is 0 Å². The predicted octanol–water partition coefficient (Wildman–Crippen LogP) is 2.23. The third-order valence-electron chi connectivity index (χ3n) is 2.88. The smallest absolute Gasteiger partial charge is 0.329 e. The van der Waals surface area contributed by atoms with Crippen molar-refractivity contribution in [3.05, 3.63) is 34.5 Å². The van der Waals surface area contributed by atoms with Gasteiger partial charge >= 0.3 is 5.97 Å². The number of rotatable bonds is 6. The Balaban J connectivity index is 2.01. The molecule has 112 valence electrons. The van der Waals surface area contributed by atoms with Crippen molar-refractivity contribution in [2.24, 2.45) is 0 Å². The van der Waals surface area contributed by atoms with Crippen LogP contribution >= 0.6 is 11.6 Å². The van der Waals surface area contributed by atoms with E-state index in [-0.39, 0.29) is 18.9 Å². The molecule has 0 saturated carbocycles. The van der Waals surface area contributed by atoms with Gasteiger partial charge in [-0.15, -0.1) is 0 Å². The number of benzene rings is 1. The van der Waals surface area contributed by atoms with Crippen LogP contribution in [0.4, 0.5) is 0 Å². The van der Waals surface area contributed by atoms with Crippen LogP contribution in [0, 0.1) is 6.92 Å². The van der Waals surface area contributed by atoms with Crippen LogP contribution in [0.3, 0.4) is 0 Å². The maximum absolute atomic E-state index is 12.0. The average molecular weight is 312 g/mol. The zero-order valence-corrected chi connectivity index (χ0v) is 12.1. The molecular weight excluding hydrogens is 298 g/mol. The zero-order chi connectivity index (χ0) is 15.4. The number of ether oxygens (including phenoxy) is 1. The van der Waals surface area contributed by atoms with E-state index < -0.39 is 18.5 Å². The third kappa shape index (κ3) is 3.53. The van der Waals surface area contributed by atoms with Crippen LogP contribution in [0.15, 0.2) is 22.6 Å². The van der Waals surface area contributed by atoms with E-state index in [1.54, 1.807) is 19.1 Å². The highest BCUT2D eigenvalue weighted by Crippen LogP contribution is 2.30. The first-order valence-corrected chi connectivity index (χ1v) is 6.64. The van der Waals surface area contributed by atoms with Crippen molar-refractivity contribution in [3.8, 4) is 0 Å². The first-order chi connectivity index (χ1) is 10.0. The molecular formula is C14H14ClNO5. The average Bonchev–Trinajstić information content (AvgIpc) is 2.77. The summed E-state index contributed by atoms with van der Waals surface area (Å²) in [5.41, 5.74) is 1.18. The van der Waals surface area contributed by atoms with Gasteiger partial charge in [-0.2, -0.15) is 0 Å². The summed E-state index contributed by atoms with van der Waals surface area (Å²) >= 11 is 6.02. The van der Waals surface area contributed by atoms with Gasteiger partial charge in [0.15, 0.2) is 11.3 Å². The van der Waals surface area contributed by atoms with Crippen molar-refractivity contribution >= 4 is 34.4 Å². The summed E-state index contributed by atoms with van der Waals surface area (Å²) in [5.74, 6) is -1.25. The molecule has 1 aromatic heterocycles. The Labute approximate surface area is 125 Å². The minimum atomic E-state index is -1.05. The molecule has 1 heterocycles. The van der Waals surface area contributed by atoms with Gasteiger partial charge in [-0.1, -0.05) is 23.7 Å². The minimum Gasteiger partial charge on any atom is -0.480 e. The lowest BCUT2D eigenvalue weighted by atomic mass is 10.1. The number of para-hydroxylation sites is 1. The quantitative estimate of drug-likeness (QED) is 0.799. The van der Waals surface area contributed by atoms with Crippen LogP contribution in [0.2, 0.25) is 5.02 Å². The van der Waals surface area contributed by atoms with Crippen molar-refractivity contribution in [3.63, 3.8) is 0 Å². The second-order valence-corrected chi connectivity index (χ2v) is 4.78. The molecule has 1 amide bonds. The van der Waals surface area contributed by atoms with Crippen molar-refractivity contribution in [2.75, 3.05) is 19.8 Å². The summed E-state index contributed by atoms with van der Waals surface area (Å²) in [7, 11) is 0. The number of hydrogen-bond acceptors (Lipinski definition) is 4. The highest BCUT2D eigenvalue weighted by Gasteiger charge is 2.18. The molecule has 7 heteroatoms. The molecule has 0 fully saturated rings. The van der Waals surface area contributed by atoms with Crippen LogP contribution < -0.4 is 5.32 Å². The van der Waals surface area contributed by atoms with Crippen molar-refractivity contribution < 1.29 is 23.8 Å². The molecule has 1 aromatic carbocycles. The molecule has 0 bridgehead atoms. The number of carboxylic acids is 1. The Morgan fingerprint density at radius 1 is 1.43 bits per heavy atom. The lowest BCUT2D eigenvalue weighted by molar-refractivity contribution is -0.142. The standard InChI is InChI=1S/C14H14ClNO5/c1-8-9-3-2-4-10(15)13(9)21-12(8)14(19)16-5-6-20-7-11(17)18/h2-4H,5-7H2,1H3,(H,16,19)(H,17,18). The van der Waals surface area contributed by atoms with Gasteiger partial charge in [-0.3, -0.25) is 4.79 Å². The Bertz CT molecular complexity index is 679. The maximum Gasteiger partial charge on any atom is 0.329 e. The first kappa shape index (κ1) is 15.3. The molecule has 6 nitrogen and oxygen atoms in total. The number of nitrogens with one attached hydrogen (secondary N) is 1. The van der Waals surface area contributed by atoms with Gasteiger partial charge in [-0.25, -0.2) is 4.79 Å². The van der Waals surface area contributed by atoms with Crippen molar-refractivity contribution in [1.29, 1.82) is 0 Å². The second-order valence-electron chi connectivity index (χ2n) is 4.37. The Kier molecular flexibility index (Phi) is 4.82. The van der Waals surface area contributed by atoms with Crippen LogP contribution in [-0.2, 0) is 9.53 Å². The van der Waals surface area contributed by atoms with E-state index in [9.17, 15) is 9.59 Å². The summed E-state index contributed by atoms with van der Waals surface area (Å²) in [5, 5.41) is 12.2. The van der Waals surface area contributed by atoms with Crippen LogP contribution in [-0.4, -0.2) is 36.7 Å². The largest absolute Gasteiger partial charge is 0.480 e. The van der Waals surface area contributed by atoms with Gasteiger partial charge in [0.2, 0.25) is 0 Å². The Morgan fingerprint density at radius 2 is 2.19 bits per heavy atom. The fourth-order valence-corrected chi connectivity index (χ4v) is 2.12. The highest BCUT2D eigenvalue weighted by atomic mass is 35.5. The first-order valence-electron chi connectivity index (χ1n) is 6.26. The fraction of sp³-hybridized carbons (Fsp3) is 0.286. The summed E-state index contributed by atoms with van der Waals surface area (Å²) in [6.07, 6.45) is 0. The number of amides is 1. The molecule has 0 aliphatic heterocycles. The molecule has 0 spiro atoms. The van der Waals surface area contributed by atoms with Crippen LogP contribution in [0.25, 0.3) is 11.0 Å². The van der Waals surface area contributed by atoms with Gasteiger partial charge in [0.1, 0.15) is 6.61 Å². The highest BCUT2D eigenvalue weighted by molar-refractivity contribution is 6.35. The number of furan rings is 1. The van der Waals surface area contributed by atoms with E-state index in [2.05, 4.69) is 5.32 Å². The monoisotopic (exact) mass is 311 g/mol. The molecule has 0 unspecified atom stereocenters. The van der Waals surface area contributed by atoms with E-state index in [1.807, 2.05) is 6.07 Å². The van der Waals surface area contributed by atoms with Gasteiger partial charge in [0, 0.05) is 17.5 Å². The number of aliphatic carboxylic acids is 1. The molecule has 2 aromatic rings. The van der Waals surface area contributed by atoms with Crippen LogP contribution in [0.1, 0.15) is 16.1 Å².